The van der Waals surface area contributed by atoms with E-state index in [2.05, 4.69) is 4.33 Å². The molecule has 4 aromatic rings. The van der Waals surface area contributed by atoms with Gasteiger partial charge in [-0.05, 0) is 30.3 Å². The van der Waals surface area contributed by atoms with Crippen molar-refractivity contribution in [1.82, 2.24) is 0 Å². The molecule has 0 aliphatic carbocycles. The van der Waals surface area contributed by atoms with Gasteiger partial charge in [-0.15, -0.1) is 0 Å². The summed E-state index contributed by atoms with van der Waals surface area (Å²) in [5.74, 6) is -3.19. The Labute approximate surface area is 179 Å². The molecule has 1 aromatic heterocycles. The van der Waals surface area contributed by atoms with Gasteiger partial charge in [0.1, 0.15) is 16.7 Å². The van der Waals surface area contributed by atoms with Crippen LogP contribution in [-0.2, 0) is 14.5 Å². The van der Waals surface area contributed by atoms with Crippen LogP contribution in [0.3, 0.4) is 0 Å². The van der Waals surface area contributed by atoms with Crippen molar-refractivity contribution < 1.29 is 42.5 Å². The molecule has 0 atom stereocenters. The summed E-state index contributed by atoms with van der Waals surface area (Å²) in [7, 11) is -4.37. The van der Waals surface area contributed by atoms with Gasteiger partial charge in [-0.25, -0.2) is 0 Å². The molecule has 4 rings (SSSR count). The monoisotopic (exact) mass is 458 g/mol. The van der Waals surface area contributed by atoms with Crippen LogP contribution in [-0.4, -0.2) is 28.8 Å². The van der Waals surface area contributed by atoms with Crippen molar-refractivity contribution in [2.24, 2.45) is 0 Å². The lowest BCUT2D eigenvalue weighted by atomic mass is 10.1. The molecule has 4 N–H and O–H groups in total. The van der Waals surface area contributed by atoms with Gasteiger partial charge in [0.15, 0.2) is 23.0 Å². The topological polar surface area (TPSA) is 164 Å². The van der Waals surface area contributed by atoms with Crippen LogP contribution in [0.1, 0.15) is 0 Å². The number of phenolic OH excluding ortho intramolecular Hbond substituents is 3. The molecule has 10 nitrogen and oxygen atoms in total. The van der Waals surface area contributed by atoms with E-state index >= 15 is 0 Å². The summed E-state index contributed by atoms with van der Waals surface area (Å²) < 4.78 is 34.6. The SMILES string of the molecule is O=c1c(O)c(-c2ccc(O)c(O)c2)oc2cc(O)cc(OOS(=O)(=O)c3ccccc3)c12. The number of aromatic hydroxyl groups is 4. The van der Waals surface area contributed by atoms with Crippen molar-refractivity contribution >= 4 is 21.1 Å². The van der Waals surface area contributed by atoms with E-state index in [1.54, 1.807) is 6.07 Å². The van der Waals surface area contributed by atoms with Crippen LogP contribution in [0.15, 0.2) is 74.8 Å². The lowest BCUT2D eigenvalue weighted by molar-refractivity contribution is -0.0912. The van der Waals surface area contributed by atoms with E-state index < -0.39 is 49.7 Å². The molecule has 0 bridgehead atoms. The summed E-state index contributed by atoms with van der Waals surface area (Å²) >= 11 is 0. The fourth-order valence-corrected chi connectivity index (χ4v) is 3.63. The van der Waals surface area contributed by atoms with Crippen molar-refractivity contribution in [3.8, 4) is 40.1 Å². The minimum Gasteiger partial charge on any atom is -0.508 e. The minimum atomic E-state index is -4.37. The molecule has 0 saturated carbocycles. The van der Waals surface area contributed by atoms with E-state index in [0.29, 0.717) is 0 Å². The smallest absolute Gasteiger partial charge is 0.332 e. The molecule has 164 valence electrons. The van der Waals surface area contributed by atoms with Crippen LogP contribution in [0.4, 0.5) is 0 Å². The Morgan fingerprint density at radius 2 is 1.56 bits per heavy atom. The lowest BCUT2D eigenvalue weighted by Gasteiger charge is -2.11. The van der Waals surface area contributed by atoms with Gasteiger partial charge >= 0.3 is 10.1 Å². The largest absolute Gasteiger partial charge is 0.508 e. The predicted molar refractivity (Wildman–Crippen MR) is 110 cm³/mol. The Bertz CT molecular complexity index is 1490. The maximum absolute atomic E-state index is 12.8. The van der Waals surface area contributed by atoms with Crippen LogP contribution >= 0.6 is 0 Å². The first-order chi connectivity index (χ1) is 15.2. The molecule has 3 aromatic carbocycles. The molecule has 11 heteroatoms. The highest BCUT2D eigenvalue weighted by Crippen LogP contribution is 2.38. The molecule has 0 spiro atoms. The van der Waals surface area contributed by atoms with Crippen LogP contribution in [0.2, 0.25) is 0 Å². The number of benzene rings is 3. The zero-order valence-electron chi connectivity index (χ0n) is 15.9. The van der Waals surface area contributed by atoms with Crippen LogP contribution < -0.4 is 10.3 Å². The molecule has 0 amide bonds. The average molecular weight is 458 g/mol. The van der Waals surface area contributed by atoms with Gasteiger partial charge in [0.05, 0.1) is 4.90 Å². The molecule has 0 saturated heterocycles. The lowest BCUT2D eigenvalue weighted by Crippen LogP contribution is -2.11. The van der Waals surface area contributed by atoms with Crippen molar-refractivity contribution in [1.29, 1.82) is 0 Å². The second-order valence-corrected chi connectivity index (χ2v) is 8.06. The Balaban J connectivity index is 1.81. The molecule has 0 aliphatic heterocycles. The van der Waals surface area contributed by atoms with E-state index in [1.807, 2.05) is 0 Å². The molecule has 0 unspecified atom stereocenters. The normalized spacial score (nSPS) is 11.5. The van der Waals surface area contributed by atoms with Crippen LogP contribution in [0, 0.1) is 0 Å². The van der Waals surface area contributed by atoms with Crippen molar-refractivity contribution in [3.05, 3.63) is 70.9 Å². The molecule has 0 fully saturated rings. The number of hydrogen-bond acceptors (Lipinski definition) is 10. The minimum absolute atomic E-state index is 0.0468. The predicted octanol–water partition coefficient (Wildman–Crippen LogP) is 2.98. The van der Waals surface area contributed by atoms with Crippen LogP contribution in [0.5, 0.6) is 28.7 Å². The third-order valence-electron chi connectivity index (χ3n) is 4.40. The standard InChI is InChI=1S/C21H14O10S/c22-12-9-16-18(17(10-12)30-31-32(27,28)13-4-2-1-3-5-13)19(25)20(26)21(29-16)11-6-7-14(23)15(24)8-11/h1-10,22-24,26H. The Kier molecular flexibility index (Phi) is 5.12. The molecule has 0 radical (unpaired) electrons. The van der Waals surface area contributed by atoms with Crippen molar-refractivity contribution in [3.63, 3.8) is 0 Å². The van der Waals surface area contributed by atoms with E-state index in [9.17, 15) is 33.6 Å². The summed E-state index contributed by atoms with van der Waals surface area (Å²) in [6.45, 7) is 0. The summed E-state index contributed by atoms with van der Waals surface area (Å²) in [6, 6.07) is 12.4. The third-order valence-corrected chi connectivity index (χ3v) is 5.50. The van der Waals surface area contributed by atoms with E-state index in [1.165, 1.54) is 30.3 Å². The molecular weight excluding hydrogens is 444 g/mol. The van der Waals surface area contributed by atoms with Gasteiger partial charge in [-0.1, -0.05) is 22.5 Å². The fourth-order valence-electron chi connectivity index (χ4n) is 2.89. The molecule has 1 heterocycles. The second-order valence-electron chi connectivity index (χ2n) is 6.55. The number of phenols is 3. The highest BCUT2D eigenvalue weighted by Gasteiger charge is 2.23. The van der Waals surface area contributed by atoms with Crippen molar-refractivity contribution in [2.45, 2.75) is 4.90 Å². The molecule has 32 heavy (non-hydrogen) atoms. The van der Waals surface area contributed by atoms with Gasteiger partial charge in [-0.3, -0.25) is 4.79 Å². The van der Waals surface area contributed by atoms with E-state index in [4.69, 9.17) is 9.30 Å². The Morgan fingerprint density at radius 1 is 0.844 bits per heavy atom. The number of fused-ring (bicyclic) bond motifs is 1. The summed E-state index contributed by atoms with van der Waals surface area (Å²) in [4.78, 5) is 17.4. The van der Waals surface area contributed by atoms with Gasteiger partial charge in [0.2, 0.25) is 11.2 Å². The van der Waals surface area contributed by atoms with Crippen molar-refractivity contribution in [2.75, 3.05) is 0 Å². The van der Waals surface area contributed by atoms with E-state index in [0.717, 1.165) is 24.3 Å². The fraction of sp³-hybridized carbons (Fsp3) is 0. The average Bonchev–Trinajstić information content (AvgIpc) is 2.77. The summed E-state index contributed by atoms with van der Waals surface area (Å²) in [5.41, 5.74) is -1.25. The molecular formula is C21H14O10S. The first-order valence-corrected chi connectivity index (χ1v) is 10.3. The number of hydrogen-bond donors (Lipinski definition) is 4. The zero-order chi connectivity index (χ0) is 23.0. The maximum Gasteiger partial charge on any atom is 0.332 e. The highest BCUT2D eigenvalue weighted by molar-refractivity contribution is 7.86. The Hall–Kier alpha value is -4.22. The van der Waals surface area contributed by atoms with Gasteiger partial charge in [0.25, 0.3) is 0 Å². The van der Waals surface area contributed by atoms with Crippen LogP contribution in [0.25, 0.3) is 22.3 Å². The van der Waals surface area contributed by atoms with Gasteiger partial charge < -0.3 is 29.7 Å². The third kappa shape index (κ3) is 3.77. The quantitative estimate of drug-likeness (QED) is 0.198. The molecule has 0 aliphatic rings. The van der Waals surface area contributed by atoms with Gasteiger partial charge in [0, 0.05) is 17.7 Å². The first-order valence-electron chi connectivity index (χ1n) is 8.89. The summed E-state index contributed by atoms with van der Waals surface area (Å²) in [5, 5.41) is 39.1. The summed E-state index contributed by atoms with van der Waals surface area (Å²) in [6.07, 6.45) is 0. The highest BCUT2D eigenvalue weighted by atomic mass is 32.2. The maximum atomic E-state index is 12.8. The first kappa shape index (κ1) is 21.0. The van der Waals surface area contributed by atoms with E-state index in [-0.39, 0.29) is 21.8 Å². The zero-order valence-corrected chi connectivity index (χ0v) is 16.7. The second kappa shape index (κ2) is 7.80. The van der Waals surface area contributed by atoms with Gasteiger partial charge in [-0.2, -0.15) is 8.42 Å². The number of rotatable bonds is 5. The Morgan fingerprint density at radius 3 is 2.25 bits per heavy atom.